The highest BCUT2D eigenvalue weighted by atomic mass is 16.3. The molecule has 25 heavy (non-hydrogen) atoms. The van der Waals surface area contributed by atoms with E-state index in [-0.39, 0.29) is 18.7 Å². The Morgan fingerprint density at radius 3 is 2.08 bits per heavy atom. The van der Waals surface area contributed by atoms with Crippen molar-refractivity contribution in [2.75, 3.05) is 6.61 Å². The SMILES string of the molecule is OC[C@@H](c1ccccc1)N1Cc2ccccc2C[C@@H]1c1ccccc1. The molecule has 1 aliphatic heterocycles. The van der Waals surface area contributed by atoms with Crippen LogP contribution >= 0.6 is 0 Å². The maximum atomic E-state index is 10.2. The lowest BCUT2D eigenvalue weighted by atomic mass is 9.87. The quantitative estimate of drug-likeness (QED) is 0.761. The molecule has 0 radical (unpaired) electrons. The van der Waals surface area contributed by atoms with Crippen molar-refractivity contribution in [3.63, 3.8) is 0 Å². The smallest absolute Gasteiger partial charge is 0.0628 e. The molecule has 2 atom stereocenters. The van der Waals surface area contributed by atoms with Gasteiger partial charge in [-0.05, 0) is 28.7 Å². The summed E-state index contributed by atoms with van der Waals surface area (Å²) in [4.78, 5) is 2.45. The Balaban J connectivity index is 1.76. The molecule has 0 saturated carbocycles. The second-order valence-corrected chi connectivity index (χ2v) is 6.68. The number of fused-ring (bicyclic) bond motifs is 1. The van der Waals surface area contributed by atoms with Gasteiger partial charge in [-0.3, -0.25) is 4.90 Å². The molecule has 2 heteroatoms. The van der Waals surface area contributed by atoms with Crippen LogP contribution < -0.4 is 0 Å². The van der Waals surface area contributed by atoms with Gasteiger partial charge in [0, 0.05) is 12.6 Å². The number of aliphatic hydroxyl groups excluding tert-OH is 1. The molecule has 4 rings (SSSR count). The van der Waals surface area contributed by atoms with Crippen LogP contribution in [0.5, 0.6) is 0 Å². The fraction of sp³-hybridized carbons (Fsp3) is 0.217. The second kappa shape index (κ2) is 7.22. The monoisotopic (exact) mass is 329 g/mol. The Hall–Kier alpha value is -2.42. The van der Waals surface area contributed by atoms with E-state index in [2.05, 4.69) is 71.6 Å². The summed E-state index contributed by atoms with van der Waals surface area (Å²) in [7, 11) is 0. The molecule has 1 heterocycles. The van der Waals surface area contributed by atoms with E-state index in [1.165, 1.54) is 22.3 Å². The summed E-state index contributed by atoms with van der Waals surface area (Å²) in [5.41, 5.74) is 5.26. The van der Waals surface area contributed by atoms with Crippen molar-refractivity contribution in [2.45, 2.75) is 25.0 Å². The van der Waals surface area contributed by atoms with Crippen LogP contribution in [0.15, 0.2) is 84.9 Å². The largest absolute Gasteiger partial charge is 0.394 e. The van der Waals surface area contributed by atoms with Crippen molar-refractivity contribution >= 4 is 0 Å². The maximum absolute atomic E-state index is 10.2. The Bertz CT molecular complexity index is 816. The van der Waals surface area contributed by atoms with Crippen LogP contribution in [0.4, 0.5) is 0 Å². The first-order chi connectivity index (χ1) is 12.4. The molecule has 0 bridgehead atoms. The minimum atomic E-state index is -0.000220. The van der Waals surface area contributed by atoms with Gasteiger partial charge in [0.2, 0.25) is 0 Å². The van der Waals surface area contributed by atoms with Gasteiger partial charge in [0.25, 0.3) is 0 Å². The lowest BCUT2D eigenvalue weighted by molar-refractivity contribution is 0.0656. The van der Waals surface area contributed by atoms with E-state index in [1.807, 2.05) is 18.2 Å². The molecule has 3 aromatic rings. The maximum Gasteiger partial charge on any atom is 0.0628 e. The normalized spacial score (nSPS) is 18.5. The van der Waals surface area contributed by atoms with E-state index in [0.29, 0.717) is 0 Å². The number of hydrogen-bond donors (Lipinski definition) is 1. The predicted molar refractivity (Wildman–Crippen MR) is 101 cm³/mol. The van der Waals surface area contributed by atoms with Crippen molar-refractivity contribution in [1.82, 2.24) is 4.90 Å². The zero-order chi connectivity index (χ0) is 17.1. The van der Waals surface area contributed by atoms with Crippen molar-refractivity contribution < 1.29 is 5.11 Å². The molecule has 1 aliphatic rings. The van der Waals surface area contributed by atoms with Crippen molar-refractivity contribution in [1.29, 1.82) is 0 Å². The summed E-state index contributed by atoms with van der Waals surface area (Å²) in [6.07, 6.45) is 0.976. The zero-order valence-corrected chi connectivity index (χ0v) is 14.3. The molecular formula is C23H23NO. The summed E-state index contributed by atoms with van der Waals surface area (Å²) >= 11 is 0. The summed E-state index contributed by atoms with van der Waals surface area (Å²) in [6.45, 7) is 0.978. The van der Waals surface area contributed by atoms with Crippen LogP contribution in [-0.2, 0) is 13.0 Å². The third-order valence-corrected chi connectivity index (χ3v) is 5.23. The van der Waals surface area contributed by atoms with Gasteiger partial charge in [0.15, 0.2) is 0 Å². The highest BCUT2D eigenvalue weighted by Crippen LogP contribution is 2.38. The number of nitrogens with zero attached hydrogens (tertiary/aromatic N) is 1. The first-order valence-electron chi connectivity index (χ1n) is 8.90. The minimum absolute atomic E-state index is 0.000220. The molecule has 0 amide bonds. The molecule has 0 saturated heterocycles. The molecule has 0 spiro atoms. The Morgan fingerprint density at radius 2 is 1.40 bits per heavy atom. The molecular weight excluding hydrogens is 306 g/mol. The summed E-state index contributed by atoms with van der Waals surface area (Å²) in [5, 5.41) is 10.2. The van der Waals surface area contributed by atoms with E-state index in [9.17, 15) is 5.11 Å². The highest BCUT2D eigenvalue weighted by Gasteiger charge is 2.32. The summed E-state index contributed by atoms with van der Waals surface area (Å²) in [6, 6.07) is 30.0. The third kappa shape index (κ3) is 3.23. The topological polar surface area (TPSA) is 23.5 Å². The van der Waals surface area contributed by atoms with Gasteiger partial charge in [-0.2, -0.15) is 0 Å². The Labute approximate surface area is 149 Å². The average Bonchev–Trinajstić information content (AvgIpc) is 2.69. The van der Waals surface area contributed by atoms with Gasteiger partial charge in [-0.15, -0.1) is 0 Å². The van der Waals surface area contributed by atoms with Crippen molar-refractivity contribution in [3.05, 3.63) is 107 Å². The van der Waals surface area contributed by atoms with Crippen LogP contribution in [0.3, 0.4) is 0 Å². The second-order valence-electron chi connectivity index (χ2n) is 6.68. The fourth-order valence-electron chi connectivity index (χ4n) is 3.93. The Morgan fingerprint density at radius 1 is 0.800 bits per heavy atom. The molecule has 0 aromatic heterocycles. The molecule has 0 unspecified atom stereocenters. The van der Waals surface area contributed by atoms with E-state index < -0.39 is 0 Å². The Kier molecular flexibility index (Phi) is 4.64. The molecule has 3 aromatic carbocycles. The summed E-state index contributed by atoms with van der Waals surface area (Å²) < 4.78 is 0. The molecule has 0 fully saturated rings. The average molecular weight is 329 g/mol. The number of hydrogen-bond acceptors (Lipinski definition) is 2. The van der Waals surface area contributed by atoms with Crippen LogP contribution in [0.25, 0.3) is 0 Å². The van der Waals surface area contributed by atoms with Crippen LogP contribution in [-0.4, -0.2) is 16.6 Å². The molecule has 2 nitrogen and oxygen atoms in total. The van der Waals surface area contributed by atoms with Gasteiger partial charge >= 0.3 is 0 Å². The third-order valence-electron chi connectivity index (χ3n) is 5.23. The van der Waals surface area contributed by atoms with Gasteiger partial charge in [-0.1, -0.05) is 84.9 Å². The van der Waals surface area contributed by atoms with Crippen LogP contribution in [0, 0.1) is 0 Å². The van der Waals surface area contributed by atoms with E-state index in [4.69, 9.17) is 0 Å². The van der Waals surface area contributed by atoms with Gasteiger partial charge in [0.05, 0.1) is 12.6 Å². The molecule has 0 aliphatic carbocycles. The minimum Gasteiger partial charge on any atom is -0.394 e. The van der Waals surface area contributed by atoms with Gasteiger partial charge in [-0.25, -0.2) is 0 Å². The standard InChI is InChI=1S/C23H23NO/c25-17-23(19-11-5-2-6-12-19)24-16-21-14-8-7-13-20(21)15-22(24)18-9-3-1-4-10-18/h1-14,22-23,25H,15-17H2/t22-,23+/m1/s1. The van der Waals surface area contributed by atoms with Gasteiger partial charge in [0.1, 0.15) is 0 Å². The van der Waals surface area contributed by atoms with Crippen molar-refractivity contribution in [3.8, 4) is 0 Å². The number of aliphatic hydroxyl groups is 1. The zero-order valence-electron chi connectivity index (χ0n) is 14.3. The first-order valence-corrected chi connectivity index (χ1v) is 8.90. The van der Waals surface area contributed by atoms with Crippen LogP contribution in [0.1, 0.15) is 34.3 Å². The predicted octanol–water partition coefficient (Wildman–Crippen LogP) is 4.52. The van der Waals surface area contributed by atoms with Crippen LogP contribution in [0.2, 0.25) is 0 Å². The fourth-order valence-corrected chi connectivity index (χ4v) is 3.93. The number of rotatable bonds is 4. The van der Waals surface area contributed by atoms with E-state index >= 15 is 0 Å². The van der Waals surface area contributed by atoms with E-state index in [0.717, 1.165) is 13.0 Å². The lowest BCUT2D eigenvalue weighted by Gasteiger charge is -2.42. The van der Waals surface area contributed by atoms with E-state index in [1.54, 1.807) is 0 Å². The number of benzene rings is 3. The highest BCUT2D eigenvalue weighted by molar-refractivity contribution is 5.34. The first kappa shape index (κ1) is 16.1. The van der Waals surface area contributed by atoms with Crippen molar-refractivity contribution in [2.24, 2.45) is 0 Å². The lowest BCUT2D eigenvalue weighted by Crippen LogP contribution is -2.38. The molecule has 1 N–H and O–H groups in total. The summed E-state index contributed by atoms with van der Waals surface area (Å²) in [5.74, 6) is 0. The van der Waals surface area contributed by atoms with Gasteiger partial charge < -0.3 is 5.11 Å². The molecule has 126 valence electrons.